The molecule has 0 saturated heterocycles. The van der Waals surface area contributed by atoms with Crippen LogP contribution in [-0.4, -0.2) is 26.5 Å². The number of hydrogen-bond acceptors (Lipinski definition) is 2. The van der Waals surface area contributed by atoms with Gasteiger partial charge >= 0.3 is 0 Å². The largest absolute Gasteiger partial charge is 0.269 e. The first-order valence-electron chi connectivity index (χ1n) is 2.12. The average molecular weight is 99.0 g/mol. The molecule has 0 aliphatic heterocycles. The highest BCUT2D eigenvalue weighted by atomic mass is 15.4. The highest BCUT2D eigenvalue weighted by molar-refractivity contribution is 5.75. The second-order valence-corrected chi connectivity index (χ2v) is 1.76. The van der Waals surface area contributed by atoms with E-state index in [-0.39, 0.29) is 8.41 Å². The highest BCUT2D eigenvalue weighted by Gasteiger charge is 1.90. The summed E-state index contributed by atoms with van der Waals surface area (Å²) in [6.45, 7) is 4.08. The highest BCUT2D eigenvalue weighted by Crippen LogP contribution is 1.80. The van der Waals surface area contributed by atoms with E-state index in [9.17, 15) is 0 Å². The summed E-state index contributed by atoms with van der Waals surface area (Å²) in [7, 11) is 1.85. The lowest BCUT2D eigenvalue weighted by Gasteiger charge is -2.12. The summed E-state index contributed by atoms with van der Waals surface area (Å²) < 4.78 is 0. The third-order valence-electron chi connectivity index (χ3n) is 0.815. The predicted molar refractivity (Wildman–Crippen MR) is 32.8 cm³/mol. The first-order valence-corrected chi connectivity index (χ1v) is 2.12. The van der Waals surface area contributed by atoms with Crippen molar-refractivity contribution >= 4 is 8.41 Å². The third kappa shape index (κ3) is 5.98. The van der Waals surface area contributed by atoms with Crippen molar-refractivity contribution in [3.8, 4) is 0 Å². The van der Waals surface area contributed by atoms with Gasteiger partial charge in [-0.3, -0.25) is 5.84 Å². The van der Waals surface area contributed by atoms with Gasteiger partial charge in [-0.25, -0.2) is 5.01 Å². The molecule has 2 nitrogen and oxygen atoms in total. The number of rotatable bonds is 1. The molecule has 3 radical (unpaired) electrons. The van der Waals surface area contributed by atoms with Crippen molar-refractivity contribution in [3.05, 3.63) is 0 Å². The predicted octanol–water partition coefficient (Wildman–Crippen LogP) is -0.180. The van der Waals surface area contributed by atoms with Crippen molar-refractivity contribution in [1.82, 2.24) is 5.01 Å². The van der Waals surface area contributed by atoms with Crippen molar-refractivity contribution in [2.75, 3.05) is 7.05 Å². The summed E-state index contributed by atoms with van der Waals surface area (Å²) >= 11 is 0. The van der Waals surface area contributed by atoms with Gasteiger partial charge in [-0.2, -0.15) is 0 Å². The van der Waals surface area contributed by atoms with E-state index in [2.05, 4.69) is 0 Å². The smallest absolute Gasteiger partial charge is 0.0181 e. The molecular formula is C4H12BN2. The molecular weight excluding hydrogens is 86.9 g/mol. The van der Waals surface area contributed by atoms with Gasteiger partial charge in [0.1, 0.15) is 0 Å². The van der Waals surface area contributed by atoms with E-state index in [0.717, 1.165) is 0 Å². The van der Waals surface area contributed by atoms with Crippen molar-refractivity contribution in [2.45, 2.75) is 19.9 Å². The standard InChI is InChI=1S/C4H12N2.B/c1-4(2)6(3)5;/h4H,5H2,1-3H3;. The van der Waals surface area contributed by atoms with Gasteiger partial charge < -0.3 is 0 Å². The van der Waals surface area contributed by atoms with Crippen molar-refractivity contribution in [3.63, 3.8) is 0 Å². The van der Waals surface area contributed by atoms with E-state index in [1.807, 2.05) is 20.9 Å². The lowest BCUT2D eigenvalue weighted by molar-refractivity contribution is 0.284. The lowest BCUT2D eigenvalue weighted by Crippen LogP contribution is -2.32. The Kier molecular flexibility index (Phi) is 5.97. The van der Waals surface area contributed by atoms with Crippen molar-refractivity contribution in [1.29, 1.82) is 0 Å². The van der Waals surface area contributed by atoms with Crippen LogP contribution in [0.25, 0.3) is 0 Å². The molecule has 0 aliphatic carbocycles. The van der Waals surface area contributed by atoms with Gasteiger partial charge in [0.15, 0.2) is 0 Å². The maximum Gasteiger partial charge on any atom is 0.0181 e. The SMILES string of the molecule is CC(C)N(C)N.[B]. The van der Waals surface area contributed by atoms with Crippen molar-refractivity contribution < 1.29 is 0 Å². The first kappa shape index (κ1) is 10.1. The molecule has 2 N–H and O–H groups in total. The normalized spacial score (nSPS) is 9.43. The molecule has 0 atom stereocenters. The van der Waals surface area contributed by atoms with E-state index >= 15 is 0 Å². The van der Waals surface area contributed by atoms with Gasteiger partial charge in [0, 0.05) is 21.5 Å². The van der Waals surface area contributed by atoms with Crippen molar-refractivity contribution in [2.24, 2.45) is 5.84 Å². The Hall–Kier alpha value is -0.0151. The number of nitrogens with zero attached hydrogens (tertiary/aromatic N) is 1. The van der Waals surface area contributed by atoms with E-state index in [1.54, 1.807) is 5.01 Å². The van der Waals surface area contributed by atoms with Crippen LogP contribution in [0, 0.1) is 0 Å². The Morgan fingerprint density at radius 3 is 1.57 bits per heavy atom. The summed E-state index contributed by atoms with van der Waals surface area (Å²) in [6, 6.07) is 0.463. The fraction of sp³-hybridized carbons (Fsp3) is 1.00. The summed E-state index contributed by atoms with van der Waals surface area (Å²) in [5, 5.41) is 1.67. The van der Waals surface area contributed by atoms with Crippen LogP contribution in [-0.2, 0) is 0 Å². The molecule has 0 aromatic carbocycles. The molecule has 0 spiro atoms. The molecule has 41 valence electrons. The van der Waals surface area contributed by atoms with Gasteiger partial charge in [-0.1, -0.05) is 0 Å². The molecule has 0 bridgehead atoms. The van der Waals surface area contributed by atoms with Crippen LogP contribution in [0.2, 0.25) is 0 Å². The number of hydrazine groups is 1. The van der Waals surface area contributed by atoms with Gasteiger partial charge in [-0.05, 0) is 13.8 Å². The Labute approximate surface area is 47.2 Å². The fourth-order valence-corrected chi connectivity index (χ4v) is 0. The quantitative estimate of drug-likeness (QED) is 0.280. The molecule has 0 aromatic heterocycles. The zero-order valence-electron chi connectivity index (χ0n) is 5.18. The molecule has 0 unspecified atom stereocenters. The fourth-order valence-electron chi connectivity index (χ4n) is 0. The van der Waals surface area contributed by atoms with Gasteiger partial charge in [-0.15, -0.1) is 0 Å². The van der Waals surface area contributed by atoms with E-state index in [4.69, 9.17) is 5.84 Å². The first-order chi connectivity index (χ1) is 2.64. The van der Waals surface area contributed by atoms with E-state index in [0.29, 0.717) is 6.04 Å². The van der Waals surface area contributed by atoms with Gasteiger partial charge in [0.2, 0.25) is 0 Å². The van der Waals surface area contributed by atoms with E-state index in [1.165, 1.54) is 0 Å². The average Bonchev–Trinajstić information content (AvgIpc) is 1.36. The summed E-state index contributed by atoms with van der Waals surface area (Å²) in [4.78, 5) is 0. The van der Waals surface area contributed by atoms with Gasteiger partial charge in [0.05, 0.1) is 0 Å². The third-order valence-corrected chi connectivity index (χ3v) is 0.815. The van der Waals surface area contributed by atoms with Crippen LogP contribution in [0.5, 0.6) is 0 Å². The summed E-state index contributed by atoms with van der Waals surface area (Å²) in [5.41, 5.74) is 0. The Bertz CT molecular complexity index is 30.7. The molecule has 3 heteroatoms. The minimum absolute atomic E-state index is 0. The zero-order valence-corrected chi connectivity index (χ0v) is 5.18. The lowest BCUT2D eigenvalue weighted by atomic mass is 10.4. The van der Waals surface area contributed by atoms with E-state index < -0.39 is 0 Å². The van der Waals surface area contributed by atoms with Crippen LogP contribution in [0.15, 0.2) is 0 Å². The molecule has 0 aliphatic rings. The topological polar surface area (TPSA) is 29.3 Å². The monoisotopic (exact) mass is 99.1 g/mol. The molecule has 0 aromatic rings. The Morgan fingerprint density at radius 2 is 1.57 bits per heavy atom. The molecule has 0 saturated carbocycles. The minimum atomic E-state index is 0. The second-order valence-electron chi connectivity index (χ2n) is 1.76. The maximum absolute atomic E-state index is 5.27. The molecule has 0 amide bonds. The Morgan fingerprint density at radius 1 is 1.43 bits per heavy atom. The summed E-state index contributed by atoms with van der Waals surface area (Å²) in [5.74, 6) is 5.27. The minimum Gasteiger partial charge on any atom is -0.269 e. The number of hydrogen-bond donors (Lipinski definition) is 1. The summed E-state index contributed by atoms with van der Waals surface area (Å²) in [6.07, 6.45) is 0. The molecule has 0 fully saturated rings. The second kappa shape index (κ2) is 4.15. The molecule has 0 heterocycles. The maximum atomic E-state index is 5.27. The molecule has 7 heavy (non-hydrogen) atoms. The Balaban J connectivity index is 0. The number of nitrogens with two attached hydrogens (primary N) is 1. The van der Waals surface area contributed by atoms with Crippen LogP contribution < -0.4 is 5.84 Å². The molecule has 0 rings (SSSR count). The van der Waals surface area contributed by atoms with Crippen LogP contribution in [0.1, 0.15) is 13.8 Å². The van der Waals surface area contributed by atoms with Crippen LogP contribution in [0.3, 0.4) is 0 Å². The van der Waals surface area contributed by atoms with Crippen LogP contribution >= 0.6 is 0 Å². The van der Waals surface area contributed by atoms with Gasteiger partial charge in [0.25, 0.3) is 0 Å². The zero-order chi connectivity index (χ0) is 5.15. The van der Waals surface area contributed by atoms with Crippen LogP contribution in [0.4, 0.5) is 0 Å².